The Balaban J connectivity index is 1.49. The molecule has 0 radical (unpaired) electrons. The van der Waals surface area contributed by atoms with Crippen LogP contribution in [-0.4, -0.2) is 57.3 Å². The van der Waals surface area contributed by atoms with Gasteiger partial charge in [-0.15, -0.1) is 0 Å². The third-order valence-corrected chi connectivity index (χ3v) is 9.87. The van der Waals surface area contributed by atoms with Crippen molar-refractivity contribution in [3.63, 3.8) is 0 Å². The fourth-order valence-electron chi connectivity index (χ4n) is 4.20. The minimum Gasteiger partial charge on any atom is -0.491 e. The van der Waals surface area contributed by atoms with Gasteiger partial charge in [0, 0.05) is 23.1 Å². The van der Waals surface area contributed by atoms with Gasteiger partial charge in [0.25, 0.3) is 0 Å². The average Bonchev–Trinajstić information content (AvgIpc) is 3.29. The molecule has 172 valence electrons. The second kappa shape index (κ2) is 8.88. The largest absolute Gasteiger partial charge is 0.491 e. The van der Waals surface area contributed by atoms with Gasteiger partial charge in [0.2, 0.25) is 0 Å². The Morgan fingerprint density at radius 3 is 2.53 bits per heavy atom. The van der Waals surface area contributed by atoms with Crippen molar-refractivity contribution >= 4 is 30.6 Å². The number of fused-ring (bicyclic) bond motifs is 1. The Morgan fingerprint density at radius 2 is 1.81 bits per heavy atom. The SMILES string of the molecule is CC(C)Oc1ccc(S(=O)(=O)[C@H]2CS(=O)(=O)C[C@@H]2NCCc2c[nH]c3ccccc23)cc1. The van der Waals surface area contributed by atoms with E-state index in [2.05, 4.69) is 10.3 Å². The maximum atomic E-state index is 13.3. The maximum Gasteiger partial charge on any atom is 0.183 e. The van der Waals surface area contributed by atoms with Crippen molar-refractivity contribution in [1.82, 2.24) is 10.3 Å². The van der Waals surface area contributed by atoms with Gasteiger partial charge in [-0.05, 0) is 62.7 Å². The molecule has 0 saturated carbocycles. The standard InChI is InChI=1S/C23H28N2O5S2/c1-16(2)30-18-7-9-19(10-8-18)32(28,29)23-15-31(26,27)14-22(23)24-12-11-17-13-25-21-6-4-3-5-20(17)21/h3-10,13,16,22-25H,11-12,14-15H2,1-2H3/t22-,23-/m0/s1. The zero-order valence-electron chi connectivity index (χ0n) is 18.1. The van der Waals surface area contributed by atoms with Crippen LogP contribution in [0.4, 0.5) is 0 Å². The first-order valence-electron chi connectivity index (χ1n) is 10.7. The maximum absolute atomic E-state index is 13.3. The minimum absolute atomic E-state index is 0.0249. The van der Waals surface area contributed by atoms with Crippen molar-refractivity contribution in [2.45, 2.75) is 42.6 Å². The third-order valence-electron chi connectivity index (χ3n) is 5.70. The summed E-state index contributed by atoms with van der Waals surface area (Å²) in [5.74, 6) is 0.0234. The number of para-hydroxylation sites is 1. The quantitative estimate of drug-likeness (QED) is 0.518. The number of aromatic nitrogens is 1. The van der Waals surface area contributed by atoms with Crippen LogP contribution in [0.5, 0.6) is 5.75 Å². The van der Waals surface area contributed by atoms with Crippen molar-refractivity contribution in [2.24, 2.45) is 0 Å². The number of H-pyrrole nitrogens is 1. The van der Waals surface area contributed by atoms with E-state index in [4.69, 9.17) is 4.74 Å². The van der Waals surface area contributed by atoms with Crippen LogP contribution in [0.2, 0.25) is 0 Å². The molecular formula is C23H28N2O5S2. The van der Waals surface area contributed by atoms with Crippen LogP contribution in [0.1, 0.15) is 19.4 Å². The first kappa shape index (κ1) is 22.8. The van der Waals surface area contributed by atoms with E-state index in [1.165, 1.54) is 12.1 Å². The van der Waals surface area contributed by atoms with E-state index >= 15 is 0 Å². The molecule has 2 aromatic carbocycles. The van der Waals surface area contributed by atoms with Crippen molar-refractivity contribution in [3.05, 3.63) is 60.3 Å². The molecule has 2 heterocycles. The topological polar surface area (TPSA) is 105 Å². The monoisotopic (exact) mass is 476 g/mol. The van der Waals surface area contributed by atoms with Gasteiger partial charge in [-0.25, -0.2) is 16.8 Å². The molecule has 0 bridgehead atoms. The number of hydrogen-bond donors (Lipinski definition) is 2. The second-order valence-corrected chi connectivity index (χ2v) is 12.8. The molecule has 2 atom stereocenters. The molecule has 4 rings (SSSR count). The molecule has 3 aromatic rings. The molecule has 1 aliphatic heterocycles. The smallest absolute Gasteiger partial charge is 0.183 e. The van der Waals surface area contributed by atoms with Gasteiger partial charge in [0.1, 0.15) is 5.75 Å². The van der Waals surface area contributed by atoms with Crippen molar-refractivity contribution in [1.29, 1.82) is 0 Å². The van der Waals surface area contributed by atoms with Crippen molar-refractivity contribution in [3.8, 4) is 5.75 Å². The second-order valence-electron chi connectivity index (χ2n) is 8.47. The highest BCUT2D eigenvalue weighted by Crippen LogP contribution is 2.28. The van der Waals surface area contributed by atoms with E-state index < -0.39 is 31.0 Å². The fraction of sp³-hybridized carbons (Fsp3) is 0.391. The van der Waals surface area contributed by atoms with Crippen LogP contribution in [0, 0.1) is 0 Å². The number of rotatable bonds is 8. The van der Waals surface area contributed by atoms with Gasteiger partial charge in [-0.1, -0.05) is 18.2 Å². The number of ether oxygens (including phenoxy) is 1. The molecule has 7 nitrogen and oxygen atoms in total. The van der Waals surface area contributed by atoms with Crippen molar-refractivity contribution in [2.75, 3.05) is 18.1 Å². The third kappa shape index (κ3) is 4.84. The van der Waals surface area contributed by atoms with Gasteiger partial charge < -0.3 is 15.0 Å². The van der Waals surface area contributed by atoms with Crippen molar-refractivity contribution < 1.29 is 21.6 Å². The lowest BCUT2D eigenvalue weighted by molar-refractivity contribution is 0.242. The van der Waals surface area contributed by atoms with E-state index in [9.17, 15) is 16.8 Å². The highest BCUT2D eigenvalue weighted by atomic mass is 32.2. The summed E-state index contributed by atoms with van der Waals surface area (Å²) in [4.78, 5) is 3.33. The first-order chi connectivity index (χ1) is 15.2. The van der Waals surface area contributed by atoms with E-state index in [-0.39, 0.29) is 22.5 Å². The summed E-state index contributed by atoms with van der Waals surface area (Å²) in [6.07, 6.45) is 2.57. The molecule has 0 spiro atoms. The lowest BCUT2D eigenvalue weighted by Crippen LogP contribution is -2.44. The highest BCUT2D eigenvalue weighted by molar-refractivity contribution is 7.96. The molecule has 1 aromatic heterocycles. The first-order valence-corrected chi connectivity index (χ1v) is 14.0. The zero-order chi connectivity index (χ0) is 22.9. The van der Waals surface area contributed by atoms with Crippen LogP contribution in [0.3, 0.4) is 0 Å². The number of sulfone groups is 2. The number of nitrogens with one attached hydrogen (secondary N) is 2. The zero-order valence-corrected chi connectivity index (χ0v) is 19.7. The number of aromatic amines is 1. The Morgan fingerprint density at radius 1 is 1.09 bits per heavy atom. The molecule has 2 N–H and O–H groups in total. The Kier molecular flexibility index (Phi) is 6.33. The van der Waals surface area contributed by atoms with Crippen LogP contribution in [0.25, 0.3) is 10.9 Å². The summed E-state index contributed by atoms with van der Waals surface area (Å²) in [5.41, 5.74) is 2.14. The Hall–Kier alpha value is -2.36. The van der Waals surface area contributed by atoms with E-state index in [1.54, 1.807) is 12.1 Å². The molecule has 9 heteroatoms. The molecule has 0 amide bonds. The number of benzene rings is 2. The van der Waals surface area contributed by atoms with Gasteiger partial charge in [0.15, 0.2) is 19.7 Å². The minimum atomic E-state index is -3.83. The lowest BCUT2D eigenvalue weighted by Gasteiger charge is -2.20. The molecule has 1 fully saturated rings. The molecule has 1 aliphatic rings. The van der Waals surface area contributed by atoms with E-state index in [1.807, 2.05) is 44.3 Å². The van der Waals surface area contributed by atoms with Crippen LogP contribution < -0.4 is 10.1 Å². The van der Waals surface area contributed by atoms with Gasteiger partial charge in [-0.2, -0.15) is 0 Å². The van der Waals surface area contributed by atoms with E-state index in [0.29, 0.717) is 18.7 Å². The summed E-state index contributed by atoms with van der Waals surface area (Å²) in [7, 11) is -7.28. The summed E-state index contributed by atoms with van der Waals surface area (Å²) >= 11 is 0. The normalized spacial score (nSPS) is 20.7. The Labute approximate surface area is 189 Å². The summed E-state index contributed by atoms with van der Waals surface area (Å²) in [6.45, 7) is 4.26. The summed E-state index contributed by atoms with van der Waals surface area (Å²) in [5, 5.41) is 3.30. The van der Waals surface area contributed by atoms with Crippen LogP contribution in [0.15, 0.2) is 59.6 Å². The molecule has 32 heavy (non-hydrogen) atoms. The van der Waals surface area contributed by atoms with Crippen LogP contribution >= 0.6 is 0 Å². The van der Waals surface area contributed by atoms with Gasteiger partial charge in [-0.3, -0.25) is 0 Å². The molecular weight excluding hydrogens is 448 g/mol. The molecule has 1 saturated heterocycles. The fourth-order valence-corrected chi connectivity index (χ4v) is 8.91. The lowest BCUT2D eigenvalue weighted by atomic mass is 10.1. The predicted octanol–water partition coefficient (Wildman–Crippen LogP) is 2.73. The molecule has 0 unspecified atom stereocenters. The van der Waals surface area contributed by atoms with Crippen LogP contribution in [-0.2, 0) is 26.1 Å². The molecule has 0 aliphatic carbocycles. The average molecular weight is 477 g/mol. The van der Waals surface area contributed by atoms with Gasteiger partial charge >= 0.3 is 0 Å². The Bertz CT molecular complexity index is 1300. The van der Waals surface area contributed by atoms with Gasteiger partial charge in [0.05, 0.1) is 27.8 Å². The summed E-state index contributed by atoms with van der Waals surface area (Å²) in [6, 6.07) is 13.5. The number of hydrogen-bond acceptors (Lipinski definition) is 6. The summed E-state index contributed by atoms with van der Waals surface area (Å²) < 4.78 is 56.8. The highest BCUT2D eigenvalue weighted by Gasteiger charge is 2.45. The predicted molar refractivity (Wildman–Crippen MR) is 126 cm³/mol. The van der Waals surface area contributed by atoms with E-state index in [0.717, 1.165) is 16.5 Å².